The van der Waals surface area contributed by atoms with Gasteiger partial charge in [-0.25, -0.2) is 4.39 Å². The standard InChI is InChI=1S/C17H15F4N3O3/c1-16(8-26-7-14(22)24-16)11-5-10(2-3-12(11)18)23-15(25)9-4-13(27-6-9)17(19,20)21/h2-6H,7-8H2,1H3,(H2,22,24)(H,23,25). The van der Waals surface area contributed by atoms with Crippen molar-refractivity contribution in [1.82, 2.24) is 0 Å². The molecule has 0 spiro atoms. The van der Waals surface area contributed by atoms with Gasteiger partial charge >= 0.3 is 6.18 Å². The molecule has 0 bridgehead atoms. The third-order valence-corrected chi connectivity index (χ3v) is 3.97. The predicted molar refractivity (Wildman–Crippen MR) is 87.9 cm³/mol. The van der Waals surface area contributed by atoms with E-state index in [1.807, 2.05) is 0 Å². The van der Waals surface area contributed by atoms with Gasteiger partial charge in [-0.15, -0.1) is 0 Å². The van der Waals surface area contributed by atoms with E-state index in [4.69, 9.17) is 10.5 Å². The number of carbonyl (C=O) groups is 1. The van der Waals surface area contributed by atoms with E-state index >= 15 is 0 Å². The fraction of sp³-hybridized carbons (Fsp3) is 0.294. The van der Waals surface area contributed by atoms with Crippen molar-refractivity contribution in [2.45, 2.75) is 18.6 Å². The van der Waals surface area contributed by atoms with Crippen molar-refractivity contribution in [3.05, 3.63) is 53.2 Å². The van der Waals surface area contributed by atoms with Crippen molar-refractivity contribution in [3.63, 3.8) is 0 Å². The number of halogens is 4. The Balaban J connectivity index is 1.85. The molecule has 0 saturated heterocycles. The summed E-state index contributed by atoms with van der Waals surface area (Å²) in [5, 5.41) is 2.40. The summed E-state index contributed by atoms with van der Waals surface area (Å²) in [4.78, 5) is 16.4. The van der Waals surface area contributed by atoms with Crippen LogP contribution < -0.4 is 11.1 Å². The first-order valence-corrected chi connectivity index (χ1v) is 7.77. The number of nitrogens with one attached hydrogen (secondary N) is 1. The molecule has 1 aromatic heterocycles. The van der Waals surface area contributed by atoms with E-state index in [1.165, 1.54) is 12.1 Å². The second-order valence-electron chi connectivity index (χ2n) is 6.22. The second-order valence-corrected chi connectivity index (χ2v) is 6.22. The lowest BCUT2D eigenvalue weighted by Crippen LogP contribution is -2.38. The average molecular weight is 385 g/mol. The van der Waals surface area contributed by atoms with Crippen LogP contribution in [0.5, 0.6) is 0 Å². The van der Waals surface area contributed by atoms with Crippen molar-refractivity contribution in [1.29, 1.82) is 0 Å². The Morgan fingerprint density at radius 3 is 2.70 bits per heavy atom. The van der Waals surface area contributed by atoms with Crippen LogP contribution in [-0.2, 0) is 16.5 Å². The van der Waals surface area contributed by atoms with E-state index in [2.05, 4.69) is 14.7 Å². The van der Waals surface area contributed by atoms with Gasteiger partial charge in [0.15, 0.2) is 0 Å². The molecule has 3 N–H and O–H groups in total. The lowest BCUT2D eigenvalue weighted by molar-refractivity contribution is -0.153. The van der Waals surface area contributed by atoms with Gasteiger partial charge in [0.25, 0.3) is 5.91 Å². The van der Waals surface area contributed by atoms with Crippen LogP contribution in [0.3, 0.4) is 0 Å². The molecule has 0 fully saturated rings. The Labute approximate surface area is 151 Å². The molecule has 10 heteroatoms. The van der Waals surface area contributed by atoms with Crippen LogP contribution in [0.4, 0.5) is 23.2 Å². The molecule has 6 nitrogen and oxygen atoms in total. The fourth-order valence-corrected chi connectivity index (χ4v) is 2.70. The number of aliphatic imine (C=N–C) groups is 1. The van der Waals surface area contributed by atoms with Crippen LogP contribution in [0.2, 0.25) is 0 Å². The SMILES string of the molecule is CC1(c2cc(NC(=O)c3coc(C(F)(F)F)c3)ccc2F)COCC(N)=N1. The number of ether oxygens (including phenoxy) is 1. The molecule has 1 atom stereocenters. The topological polar surface area (TPSA) is 89.8 Å². The third kappa shape index (κ3) is 3.95. The number of nitrogens with zero attached hydrogens (tertiary/aromatic N) is 1. The Kier molecular flexibility index (Phi) is 4.68. The molecule has 1 unspecified atom stereocenters. The van der Waals surface area contributed by atoms with E-state index in [-0.39, 0.29) is 35.9 Å². The van der Waals surface area contributed by atoms with Crippen LogP contribution in [0.15, 0.2) is 39.9 Å². The Hall–Kier alpha value is -2.88. The molecule has 0 radical (unpaired) electrons. The van der Waals surface area contributed by atoms with Gasteiger partial charge in [-0.1, -0.05) is 0 Å². The van der Waals surface area contributed by atoms with Gasteiger partial charge in [-0.3, -0.25) is 9.79 Å². The molecule has 1 aromatic carbocycles. The molecular formula is C17H15F4N3O3. The first-order chi connectivity index (χ1) is 12.6. The second kappa shape index (κ2) is 6.69. The van der Waals surface area contributed by atoms with Gasteiger partial charge in [0, 0.05) is 17.3 Å². The quantitative estimate of drug-likeness (QED) is 0.794. The maximum atomic E-state index is 14.3. The maximum absolute atomic E-state index is 14.3. The molecule has 0 saturated carbocycles. The summed E-state index contributed by atoms with van der Waals surface area (Å²) in [5.74, 6) is -2.50. The van der Waals surface area contributed by atoms with Crippen LogP contribution >= 0.6 is 0 Å². The van der Waals surface area contributed by atoms with Crippen LogP contribution in [0.1, 0.15) is 28.6 Å². The molecule has 27 heavy (non-hydrogen) atoms. The molecule has 2 aromatic rings. The first kappa shape index (κ1) is 18.9. The van der Waals surface area contributed by atoms with E-state index in [0.29, 0.717) is 12.3 Å². The molecule has 0 aliphatic carbocycles. The zero-order valence-electron chi connectivity index (χ0n) is 14.1. The van der Waals surface area contributed by atoms with Gasteiger partial charge in [-0.2, -0.15) is 13.2 Å². The number of rotatable bonds is 3. The van der Waals surface area contributed by atoms with Gasteiger partial charge in [0.1, 0.15) is 30.1 Å². The number of furan rings is 1. The number of alkyl halides is 3. The number of carbonyl (C=O) groups excluding carboxylic acids is 1. The number of hydrogen-bond acceptors (Lipinski definition) is 5. The number of nitrogens with two attached hydrogens (primary N) is 1. The summed E-state index contributed by atoms with van der Waals surface area (Å²) in [7, 11) is 0. The van der Waals surface area contributed by atoms with Crippen LogP contribution in [0, 0.1) is 5.82 Å². The number of benzene rings is 1. The number of amidine groups is 1. The van der Waals surface area contributed by atoms with E-state index < -0.39 is 29.2 Å². The highest BCUT2D eigenvalue weighted by atomic mass is 19.4. The van der Waals surface area contributed by atoms with Crippen LogP contribution in [0.25, 0.3) is 0 Å². The normalized spacial score (nSPS) is 20.3. The lowest BCUT2D eigenvalue weighted by Gasteiger charge is -2.30. The van der Waals surface area contributed by atoms with E-state index in [1.54, 1.807) is 6.92 Å². The van der Waals surface area contributed by atoms with E-state index in [0.717, 1.165) is 6.07 Å². The fourth-order valence-electron chi connectivity index (χ4n) is 2.70. The van der Waals surface area contributed by atoms with E-state index in [9.17, 15) is 22.4 Å². The third-order valence-electron chi connectivity index (χ3n) is 3.97. The first-order valence-electron chi connectivity index (χ1n) is 7.77. The van der Waals surface area contributed by atoms with Gasteiger partial charge in [0.05, 0.1) is 12.2 Å². The Bertz CT molecular complexity index is 907. The van der Waals surface area contributed by atoms with Crippen molar-refractivity contribution < 1.29 is 31.5 Å². The minimum Gasteiger partial charge on any atom is -0.459 e. The number of anilines is 1. The number of amides is 1. The van der Waals surface area contributed by atoms with Crippen molar-refractivity contribution in [2.24, 2.45) is 10.7 Å². The van der Waals surface area contributed by atoms with Crippen molar-refractivity contribution >= 4 is 17.4 Å². The summed E-state index contributed by atoms with van der Waals surface area (Å²) in [6, 6.07) is 4.32. The maximum Gasteiger partial charge on any atom is 0.449 e. The minimum atomic E-state index is -4.70. The lowest BCUT2D eigenvalue weighted by atomic mass is 9.92. The molecule has 144 valence electrons. The Morgan fingerprint density at radius 1 is 1.33 bits per heavy atom. The summed E-state index contributed by atoms with van der Waals surface area (Å²) >= 11 is 0. The molecular weight excluding hydrogens is 370 g/mol. The highest BCUT2D eigenvalue weighted by Gasteiger charge is 2.36. The predicted octanol–water partition coefficient (Wildman–Crippen LogP) is 3.29. The highest BCUT2D eigenvalue weighted by Crippen LogP contribution is 2.33. The van der Waals surface area contributed by atoms with Crippen LogP contribution in [-0.4, -0.2) is 25.0 Å². The summed E-state index contributed by atoms with van der Waals surface area (Å²) in [6.45, 7) is 1.84. The smallest absolute Gasteiger partial charge is 0.449 e. The van der Waals surface area contributed by atoms with Gasteiger partial charge < -0.3 is 20.2 Å². The monoisotopic (exact) mass is 385 g/mol. The summed E-state index contributed by atoms with van der Waals surface area (Å²) in [5.41, 5.74) is 4.56. The molecule has 1 aliphatic heterocycles. The minimum absolute atomic E-state index is 0.0820. The Morgan fingerprint density at radius 2 is 2.07 bits per heavy atom. The van der Waals surface area contributed by atoms with Crippen molar-refractivity contribution in [2.75, 3.05) is 18.5 Å². The zero-order valence-corrected chi connectivity index (χ0v) is 14.1. The number of hydrogen-bond donors (Lipinski definition) is 2. The van der Waals surface area contributed by atoms with Crippen molar-refractivity contribution in [3.8, 4) is 0 Å². The molecule has 1 aliphatic rings. The molecule has 1 amide bonds. The molecule has 2 heterocycles. The zero-order chi connectivity index (χ0) is 19.8. The summed E-state index contributed by atoms with van der Waals surface area (Å²) < 4.78 is 61.7. The van der Waals surface area contributed by atoms with Gasteiger partial charge in [0.2, 0.25) is 5.76 Å². The summed E-state index contributed by atoms with van der Waals surface area (Å²) in [6.07, 6.45) is -4.00. The largest absolute Gasteiger partial charge is 0.459 e. The van der Waals surface area contributed by atoms with Gasteiger partial charge in [-0.05, 0) is 25.1 Å². The highest BCUT2D eigenvalue weighted by molar-refractivity contribution is 6.04. The average Bonchev–Trinajstić information content (AvgIpc) is 3.07. The molecule has 3 rings (SSSR count).